The molecule has 2 amide bonds. The van der Waals surface area contributed by atoms with Crippen LogP contribution in [0.2, 0.25) is 0 Å². The smallest absolute Gasteiger partial charge is 0.291 e. The number of hydrogen-bond donors (Lipinski definition) is 2. The van der Waals surface area contributed by atoms with Crippen molar-refractivity contribution in [2.45, 2.75) is 33.1 Å². The molecule has 0 saturated carbocycles. The van der Waals surface area contributed by atoms with E-state index in [1.54, 1.807) is 24.3 Å². The highest BCUT2D eigenvalue weighted by Gasteiger charge is 2.14. The number of rotatable bonds is 8. The van der Waals surface area contributed by atoms with Crippen molar-refractivity contribution in [2.75, 3.05) is 17.2 Å². The van der Waals surface area contributed by atoms with Gasteiger partial charge in [-0.25, -0.2) is 0 Å². The predicted molar refractivity (Wildman–Crippen MR) is 135 cm³/mol. The number of furan rings is 1. The van der Waals surface area contributed by atoms with E-state index in [1.165, 1.54) is 5.56 Å². The molecule has 0 radical (unpaired) electrons. The Hall–Kier alpha value is -4.06. The molecule has 4 aromatic rings. The van der Waals surface area contributed by atoms with Gasteiger partial charge in [0, 0.05) is 16.8 Å². The molecular formula is C28H28N2O4. The van der Waals surface area contributed by atoms with Gasteiger partial charge in [0.15, 0.2) is 12.4 Å². The second-order valence-corrected chi connectivity index (χ2v) is 8.35. The molecule has 34 heavy (non-hydrogen) atoms. The molecule has 6 nitrogen and oxygen atoms in total. The lowest BCUT2D eigenvalue weighted by molar-refractivity contribution is -0.118. The Bertz CT molecular complexity index is 1270. The highest BCUT2D eigenvalue weighted by molar-refractivity contribution is 6.05. The maximum Gasteiger partial charge on any atom is 0.291 e. The number of carbonyl (C=O) groups excluding carboxylic acids is 2. The van der Waals surface area contributed by atoms with Gasteiger partial charge in [0.2, 0.25) is 0 Å². The lowest BCUT2D eigenvalue weighted by Crippen LogP contribution is -2.20. The fourth-order valence-corrected chi connectivity index (χ4v) is 3.63. The molecule has 0 aliphatic heterocycles. The summed E-state index contributed by atoms with van der Waals surface area (Å²) in [6.07, 6.45) is 1.07. The predicted octanol–water partition coefficient (Wildman–Crippen LogP) is 6.52. The van der Waals surface area contributed by atoms with E-state index in [2.05, 4.69) is 24.5 Å². The zero-order valence-corrected chi connectivity index (χ0v) is 19.6. The molecule has 174 valence electrons. The first-order valence-corrected chi connectivity index (χ1v) is 11.4. The minimum absolute atomic E-state index is 0.0910. The number of ether oxygens (including phenoxy) is 1. The summed E-state index contributed by atoms with van der Waals surface area (Å²) < 4.78 is 11.2. The number of nitrogens with one attached hydrogen (secondary N) is 2. The lowest BCUT2D eigenvalue weighted by Gasteiger charge is -2.12. The largest absolute Gasteiger partial charge is 0.484 e. The number of para-hydroxylation sites is 1. The van der Waals surface area contributed by atoms with Gasteiger partial charge in [0.25, 0.3) is 11.8 Å². The molecule has 0 saturated heterocycles. The summed E-state index contributed by atoms with van der Waals surface area (Å²) in [4.78, 5) is 24.9. The van der Waals surface area contributed by atoms with Gasteiger partial charge in [0.05, 0.1) is 0 Å². The maximum absolute atomic E-state index is 12.6. The summed E-state index contributed by atoms with van der Waals surface area (Å²) in [7, 11) is 0. The molecule has 4 rings (SSSR count). The average molecular weight is 457 g/mol. The minimum Gasteiger partial charge on any atom is -0.484 e. The minimum atomic E-state index is -0.330. The molecule has 3 aromatic carbocycles. The van der Waals surface area contributed by atoms with Crippen LogP contribution in [-0.4, -0.2) is 18.4 Å². The number of benzene rings is 3. The molecule has 2 N–H and O–H groups in total. The van der Waals surface area contributed by atoms with Crippen LogP contribution in [0.15, 0.2) is 77.2 Å². The lowest BCUT2D eigenvalue weighted by atomic mass is 9.99. The van der Waals surface area contributed by atoms with Crippen molar-refractivity contribution in [3.63, 3.8) is 0 Å². The number of aryl methyl sites for hydroxylation is 1. The van der Waals surface area contributed by atoms with Gasteiger partial charge in [-0.05, 0) is 72.9 Å². The Morgan fingerprint density at radius 2 is 1.74 bits per heavy atom. The van der Waals surface area contributed by atoms with Crippen molar-refractivity contribution in [3.05, 3.63) is 89.7 Å². The van der Waals surface area contributed by atoms with Crippen molar-refractivity contribution in [1.29, 1.82) is 0 Å². The standard InChI is InChI=1S/C28H28N2O4/c1-4-18(2)20-9-12-23(13-10-20)33-17-27(31)29-22-11-14-24(19(3)15-22)30-28(32)26-16-21-7-5-6-8-25(21)34-26/h5-16,18H,4,17H2,1-3H3,(H,29,31)(H,30,32). The van der Waals surface area contributed by atoms with E-state index in [0.29, 0.717) is 28.6 Å². The fourth-order valence-electron chi connectivity index (χ4n) is 3.63. The third kappa shape index (κ3) is 5.46. The van der Waals surface area contributed by atoms with Crippen molar-refractivity contribution in [3.8, 4) is 5.75 Å². The molecule has 1 unspecified atom stereocenters. The second-order valence-electron chi connectivity index (χ2n) is 8.35. The van der Waals surface area contributed by atoms with Crippen LogP contribution in [-0.2, 0) is 4.79 Å². The van der Waals surface area contributed by atoms with E-state index < -0.39 is 0 Å². The number of anilines is 2. The SMILES string of the molecule is CCC(C)c1ccc(OCC(=O)Nc2ccc(NC(=O)c3cc4ccccc4o3)c(C)c2)cc1. The van der Waals surface area contributed by atoms with E-state index in [1.807, 2.05) is 55.5 Å². The summed E-state index contributed by atoms with van der Waals surface area (Å²) >= 11 is 0. The summed E-state index contributed by atoms with van der Waals surface area (Å²) in [6.45, 7) is 6.11. The monoisotopic (exact) mass is 456 g/mol. The fraction of sp³-hybridized carbons (Fsp3) is 0.214. The third-order valence-electron chi connectivity index (χ3n) is 5.84. The molecule has 1 atom stereocenters. The average Bonchev–Trinajstić information content (AvgIpc) is 3.29. The van der Waals surface area contributed by atoms with Crippen LogP contribution in [0.1, 0.15) is 47.9 Å². The maximum atomic E-state index is 12.6. The quantitative estimate of drug-likeness (QED) is 0.316. The third-order valence-corrected chi connectivity index (χ3v) is 5.84. The normalized spacial score (nSPS) is 11.7. The van der Waals surface area contributed by atoms with Gasteiger partial charge in [0.1, 0.15) is 11.3 Å². The molecule has 0 aliphatic carbocycles. The Morgan fingerprint density at radius 1 is 0.971 bits per heavy atom. The molecule has 0 aliphatic rings. The van der Waals surface area contributed by atoms with E-state index >= 15 is 0 Å². The molecule has 6 heteroatoms. The van der Waals surface area contributed by atoms with Gasteiger partial charge in [-0.1, -0.05) is 44.2 Å². The van der Waals surface area contributed by atoms with E-state index in [9.17, 15) is 9.59 Å². The van der Waals surface area contributed by atoms with Gasteiger partial charge in [-0.2, -0.15) is 0 Å². The van der Waals surface area contributed by atoms with E-state index in [0.717, 1.165) is 17.4 Å². The van der Waals surface area contributed by atoms with Gasteiger partial charge < -0.3 is 19.8 Å². The van der Waals surface area contributed by atoms with Crippen molar-refractivity contribution < 1.29 is 18.7 Å². The van der Waals surface area contributed by atoms with E-state index in [4.69, 9.17) is 9.15 Å². The van der Waals surface area contributed by atoms with Gasteiger partial charge in [-0.3, -0.25) is 9.59 Å². The zero-order valence-electron chi connectivity index (χ0n) is 19.6. The van der Waals surface area contributed by atoms with Crippen molar-refractivity contribution >= 4 is 34.2 Å². The van der Waals surface area contributed by atoms with Crippen LogP contribution in [0, 0.1) is 6.92 Å². The first kappa shape index (κ1) is 23.1. The summed E-state index contributed by atoms with van der Waals surface area (Å²) in [5.74, 6) is 0.801. The van der Waals surface area contributed by atoms with Gasteiger partial charge in [-0.15, -0.1) is 0 Å². The molecule has 1 heterocycles. The molecule has 0 spiro atoms. The summed E-state index contributed by atoms with van der Waals surface area (Å²) in [5, 5.41) is 6.56. The first-order valence-electron chi connectivity index (χ1n) is 11.4. The summed E-state index contributed by atoms with van der Waals surface area (Å²) in [6, 6.07) is 22.3. The Kier molecular flexibility index (Phi) is 6.97. The Morgan fingerprint density at radius 3 is 2.44 bits per heavy atom. The van der Waals surface area contributed by atoms with Crippen LogP contribution < -0.4 is 15.4 Å². The van der Waals surface area contributed by atoms with Crippen LogP contribution in [0.3, 0.4) is 0 Å². The molecule has 1 aromatic heterocycles. The zero-order chi connectivity index (χ0) is 24.1. The number of amides is 2. The van der Waals surface area contributed by atoms with Gasteiger partial charge >= 0.3 is 0 Å². The second kappa shape index (κ2) is 10.3. The Balaban J connectivity index is 1.32. The summed E-state index contributed by atoms with van der Waals surface area (Å²) in [5.41, 5.74) is 3.99. The van der Waals surface area contributed by atoms with Crippen LogP contribution in [0.4, 0.5) is 11.4 Å². The number of fused-ring (bicyclic) bond motifs is 1. The Labute approximate surface area is 198 Å². The molecular weight excluding hydrogens is 428 g/mol. The highest BCUT2D eigenvalue weighted by atomic mass is 16.5. The number of hydrogen-bond acceptors (Lipinski definition) is 4. The first-order chi connectivity index (χ1) is 16.4. The number of carbonyl (C=O) groups is 2. The van der Waals surface area contributed by atoms with Crippen LogP contribution in [0.25, 0.3) is 11.0 Å². The molecule has 0 bridgehead atoms. The van der Waals surface area contributed by atoms with Crippen molar-refractivity contribution in [1.82, 2.24) is 0 Å². The molecule has 0 fully saturated rings. The van der Waals surface area contributed by atoms with Crippen molar-refractivity contribution in [2.24, 2.45) is 0 Å². The van der Waals surface area contributed by atoms with Crippen LogP contribution >= 0.6 is 0 Å². The highest BCUT2D eigenvalue weighted by Crippen LogP contribution is 2.24. The van der Waals surface area contributed by atoms with Crippen LogP contribution in [0.5, 0.6) is 5.75 Å². The topological polar surface area (TPSA) is 80.6 Å². The van der Waals surface area contributed by atoms with E-state index in [-0.39, 0.29) is 24.2 Å².